The number of sulfonamides is 1. The molecule has 2 aromatic carbocycles. The lowest BCUT2D eigenvalue weighted by Crippen LogP contribution is -2.45. The van der Waals surface area contributed by atoms with Crippen molar-refractivity contribution in [1.82, 2.24) is 4.90 Å². The third kappa shape index (κ3) is 5.47. The van der Waals surface area contributed by atoms with Crippen LogP contribution in [0.15, 0.2) is 53.4 Å². The Balaban J connectivity index is 1.66. The van der Waals surface area contributed by atoms with E-state index in [0.717, 1.165) is 30.0 Å². The lowest BCUT2D eigenvalue weighted by atomic mass is 10.00. The summed E-state index contributed by atoms with van der Waals surface area (Å²) in [7, 11) is -0.970. The minimum absolute atomic E-state index is 0.0163. The molecule has 0 spiro atoms. The zero-order chi connectivity index (χ0) is 24.0. The Bertz CT molecular complexity index is 1080. The summed E-state index contributed by atoms with van der Waals surface area (Å²) in [5.41, 5.74) is 0.567. The van der Waals surface area contributed by atoms with Gasteiger partial charge in [0.2, 0.25) is 0 Å². The number of esters is 1. The van der Waals surface area contributed by atoms with Gasteiger partial charge in [-0.2, -0.15) is 0 Å². The molecule has 1 unspecified atom stereocenters. The van der Waals surface area contributed by atoms with Crippen LogP contribution in [0.1, 0.15) is 43.0 Å². The Labute approximate surface area is 195 Å². The van der Waals surface area contributed by atoms with Crippen LogP contribution in [0.5, 0.6) is 5.75 Å². The van der Waals surface area contributed by atoms with Gasteiger partial charge < -0.3 is 14.4 Å². The Kier molecular flexibility index (Phi) is 7.97. The van der Waals surface area contributed by atoms with Crippen LogP contribution in [-0.4, -0.2) is 58.5 Å². The first-order valence-electron chi connectivity index (χ1n) is 11.0. The summed E-state index contributed by atoms with van der Waals surface area (Å²) in [6.45, 7) is 2.40. The predicted molar refractivity (Wildman–Crippen MR) is 125 cm³/mol. The molecule has 1 aliphatic heterocycles. The first-order valence-corrected chi connectivity index (χ1v) is 12.4. The van der Waals surface area contributed by atoms with E-state index >= 15 is 0 Å². The van der Waals surface area contributed by atoms with E-state index < -0.39 is 16.0 Å². The van der Waals surface area contributed by atoms with Crippen molar-refractivity contribution in [3.8, 4) is 5.75 Å². The van der Waals surface area contributed by atoms with Gasteiger partial charge in [0.25, 0.3) is 15.9 Å². The molecule has 0 bridgehead atoms. The van der Waals surface area contributed by atoms with Crippen LogP contribution in [-0.2, 0) is 19.6 Å². The van der Waals surface area contributed by atoms with Crippen molar-refractivity contribution in [3.05, 3.63) is 54.1 Å². The quantitative estimate of drug-likeness (QED) is 0.544. The summed E-state index contributed by atoms with van der Waals surface area (Å²) >= 11 is 0. The molecule has 178 valence electrons. The number of para-hydroxylation sites is 2. The van der Waals surface area contributed by atoms with Crippen molar-refractivity contribution in [2.45, 2.75) is 43.5 Å². The molecule has 0 saturated carbocycles. The Morgan fingerprint density at radius 3 is 2.45 bits per heavy atom. The van der Waals surface area contributed by atoms with Gasteiger partial charge in [-0.25, -0.2) is 13.2 Å². The molecule has 0 aliphatic carbocycles. The summed E-state index contributed by atoms with van der Waals surface area (Å²) < 4.78 is 37.7. The van der Waals surface area contributed by atoms with Crippen LogP contribution in [0.25, 0.3) is 0 Å². The second-order valence-corrected chi connectivity index (χ2v) is 9.86. The molecule has 1 saturated heterocycles. The van der Waals surface area contributed by atoms with Crippen molar-refractivity contribution in [2.75, 3.05) is 31.6 Å². The molecule has 33 heavy (non-hydrogen) atoms. The molecule has 1 heterocycles. The number of nitrogens with zero attached hydrogens (tertiary/aromatic N) is 2. The molecule has 1 aliphatic rings. The van der Waals surface area contributed by atoms with Gasteiger partial charge in [-0.1, -0.05) is 19.1 Å². The molecule has 0 N–H and O–H groups in total. The van der Waals surface area contributed by atoms with Gasteiger partial charge in [-0.05, 0) is 62.1 Å². The Morgan fingerprint density at radius 2 is 1.79 bits per heavy atom. The highest BCUT2D eigenvalue weighted by molar-refractivity contribution is 7.92. The monoisotopic (exact) mass is 474 g/mol. The van der Waals surface area contributed by atoms with E-state index in [-0.39, 0.29) is 29.0 Å². The minimum Gasteiger partial charge on any atom is -0.495 e. The number of amides is 1. The number of carbonyl (C=O) groups is 2. The first kappa shape index (κ1) is 24.6. The van der Waals surface area contributed by atoms with E-state index in [1.807, 2.05) is 6.92 Å². The van der Waals surface area contributed by atoms with Gasteiger partial charge in [-0.15, -0.1) is 0 Å². The van der Waals surface area contributed by atoms with Crippen molar-refractivity contribution >= 4 is 27.6 Å². The third-order valence-electron chi connectivity index (χ3n) is 5.92. The molecule has 9 heteroatoms. The van der Waals surface area contributed by atoms with E-state index in [1.54, 1.807) is 29.2 Å². The molecule has 8 nitrogen and oxygen atoms in total. The topological polar surface area (TPSA) is 93.2 Å². The fourth-order valence-electron chi connectivity index (χ4n) is 3.99. The van der Waals surface area contributed by atoms with Crippen LogP contribution in [0.4, 0.5) is 5.69 Å². The maximum Gasteiger partial charge on any atom is 0.338 e. The van der Waals surface area contributed by atoms with Gasteiger partial charge in [-0.3, -0.25) is 9.10 Å². The van der Waals surface area contributed by atoms with Crippen LogP contribution >= 0.6 is 0 Å². The smallest absolute Gasteiger partial charge is 0.338 e. The number of anilines is 1. The normalized spacial score (nSPS) is 16.2. The third-order valence-corrected chi connectivity index (χ3v) is 7.70. The average molecular weight is 475 g/mol. The SMILES string of the molecule is CCC1CCCCN1C(=O)COC(=O)c1ccc(S(=O)(=O)N(C)c2ccccc2OC)cc1. The fraction of sp³-hybridized carbons (Fsp3) is 0.417. The summed E-state index contributed by atoms with van der Waals surface area (Å²) in [4.78, 5) is 26.7. The van der Waals surface area contributed by atoms with Crippen LogP contribution in [0, 0.1) is 0 Å². The van der Waals surface area contributed by atoms with Crippen molar-refractivity contribution in [3.63, 3.8) is 0 Å². The maximum atomic E-state index is 13.0. The number of piperidine rings is 1. The molecule has 2 aromatic rings. The predicted octanol–water partition coefficient (Wildman–Crippen LogP) is 3.47. The van der Waals surface area contributed by atoms with Crippen LogP contribution in [0.3, 0.4) is 0 Å². The van der Waals surface area contributed by atoms with Gasteiger partial charge in [0, 0.05) is 19.6 Å². The summed E-state index contributed by atoms with van der Waals surface area (Å²) in [6.07, 6.45) is 3.90. The van der Waals surface area contributed by atoms with E-state index in [4.69, 9.17) is 9.47 Å². The maximum absolute atomic E-state index is 13.0. The van der Waals surface area contributed by atoms with Gasteiger partial charge >= 0.3 is 5.97 Å². The number of benzene rings is 2. The number of rotatable bonds is 8. The average Bonchev–Trinajstić information content (AvgIpc) is 2.86. The highest BCUT2D eigenvalue weighted by Gasteiger charge is 2.27. The second kappa shape index (κ2) is 10.7. The van der Waals surface area contributed by atoms with E-state index in [9.17, 15) is 18.0 Å². The molecule has 1 atom stereocenters. The summed E-state index contributed by atoms with van der Waals surface area (Å²) in [5.74, 6) is -0.449. The van der Waals surface area contributed by atoms with Crippen molar-refractivity contribution in [2.24, 2.45) is 0 Å². The molecule has 1 amide bonds. The van der Waals surface area contributed by atoms with Gasteiger partial charge in [0.05, 0.1) is 23.3 Å². The van der Waals surface area contributed by atoms with Gasteiger partial charge in [0.1, 0.15) is 5.75 Å². The standard InChI is InChI=1S/C24H30N2O6S/c1-4-19-9-7-8-16-26(19)23(27)17-32-24(28)18-12-14-20(15-13-18)33(29,30)25(2)21-10-5-6-11-22(21)31-3/h5-6,10-15,19H,4,7-9,16-17H2,1-3H3. The number of carbonyl (C=O) groups excluding carboxylic acids is 2. The van der Waals surface area contributed by atoms with E-state index in [2.05, 4.69) is 0 Å². The molecule has 0 radical (unpaired) electrons. The number of hydrogen-bond donors (Lipinski definition) is 0. The first-order chi connectivity index (χ1) is 15.8. The van der Waals surface area contributed by atoms with E-state index in [1.165, 1.54) is 38.4 Å². The van der Waals surface area contributed by atoms with E-state index in [0.29, 0.717) is 18.0 Å². The fourth-order valence-corrected chi connectivity index (χ4v) is 5.19. The largest absolute Gasteiger partial charge is 0.495 e. The number of hydrogen-bond acceptors (Lipinski definition) is 6. The lowest BCUT2D eigenvalue weighted by molar-refractivity contribution is -0.138. The zero-order valence-electron chi connectivity index (χ0n) is 19.2. The highest BCUT2D eigenvalue weighted by atomic mass is 32.2. The second-order valence-electron chi connectivity index (χ2n) is 7.89. The number of methoxy groups -OCH3 is 1. The zero-order valence-corrected chi connectivity index (χ0v) is 20.0. The molecule has 0 aromatic heterocycles. The highest BCUT2D eigenvalue weighted by Crippen LogP contribution is 2.31. The summed E-state index contributed by atoms with van der Waals surface area (Å²) in [6, 6.07) is 12.4. The molecule has 3 rings (SSSR count). The van der Waals surface area contributed by atoms with Gasteiger partial charge in [0.15, 0.2) is 6.61 Å². The van der Waals surface area contributed by atoms with Crippen molar-refractivity contribution in [1.29, 1.82) is 0 Å². The minimum atomic E-state index is -3.88. The Hall–Kier alpha value is -3.07. The molecule has 1 fully saturated rings. The van der Waals surface area contributed by atoms with Crippen LogP contribution < -0.4 is 9.04 Å². The molecular formula is C24H30N2O6S. The van der Waals surface area contributed by atoms with Crippen LogP contribution in [0.2, 0.25) is 0 Å². The number of likely N-dealkylation sites (tertiary alicyclic amines) is 1. The lowest BCUT2D eigenvalue weighted by Gasteiger charge is -2.35. The number of ether oxygens (including phenoxy) is 2. The molecular weight excluding hydrogens is 444 g/mol. The van der Waals surface area contributed by atoms with Crippen molar-refractivity contribution < 1.29 is 27.5 Å². The summed E-state index contributed by atoms with van der Waals surface area (Å²) in [5, 5.41) is 0. The Morgan fingerprint density at radius 1 is 1.09 bits per heavy atom.